The Kier molecular flexibility index (Phi) is 8.43. The molecule has 1 N–H and O–H groups in total. The SMILES string of the molecule is CCCCCN(Cc1nc(C(=O)OCC)cs1)C(=O)Nc1cccc(C#N)c1. The number of esters is 1. The maximum absolute atomic E-state index is 12.8. The number of carbonyl (C=O) groups excluding carboxylic acids is 2. The normalized spacial score (nSPS) is 10.2. The average Bonchev–Trinajstić information content (AvgIpc) is 3.16. The summed E-state index contributed by atoms with van der Waals surface area (Å²) in [7, 11) is 0. The van der Waals surface area contributed by atoms with Crippen molar-refractivity contribution < 1.29 is 14.3 Å². The van der Waals surface area contributed by atoms with Gasteiger partial charge in [-0.05, 0) is 31.5 Å². The number of hydrogen-bond acceptors (Lipinski definition) is 6. The van der Waals surface area contributed by atoms with Gasteiger partial charge in [-0.3, -0.25) is 0 Å². The van der Waals surface area contributed by atoms with Gasteiger partial charge < -0.3 is 15.0 Å². The minimum absolute atomic E-state index is 0.262. The molecule has 0 fully saturated rings. The molecule has 2 amide bonds. The number of benzene rings is 1. The van der Waals surface area contributed by atoms with Crippen LogP contribution in [0, 0.1) is 11.3 Å². The highest BCUT2D eigenvalue weighted by Crippen LogP contribution is 2.16. The lowest BCUT2D eigenvalue weighted by Gasteiger charge is -2.22. The Morgan fingerprint density at radius 1 is 1.32 bits per heavy atom. The standard InChI is InChI=1S/C20H24N4O3S/c1-3-5-6-10-24(13-18-23-17(14-28-18)19(25)27-4-2)20(26)22-16-9-7-8-15(11-16)12-21/h7-9,11,14H,3-6,10,13H2,1-2H3,(H,22,26). The topological polar surface area (TPSA) is 95.3 Å². The summed E-state index contributed by atoms with van der Waals surface area (Å²) >= 11 is 1.32. The van der Waals surface area contributed by atoms with Crippen molar-refractivity contribution in [3.05, 3.63) is 45.9 Å². The number of urea groups is 1. The summed E-state index contributed by atoms with van der Waals surface area (Å²) in [6.45, 7) is 5.01. The first-order valence-electron chi connectivity index (χ1n) is 9.25. The Bertz CT molecular complexity index is 844. The predicted octanol–water partition coefficient (Wildman–Crippen LogP) is 4.42. The van der Waals surface area contributed by atoms with Crippen molar-refractivity contribution in [2.45, 2.75) is 39.7 Å². The summed E-state index contributed by atoms with van der Waals surface area (Å²) in [5.41, 5.74) is 1.31. The van der Waals surface area contributed by atoms with E-state index in [1.807, 2.05) is 0 Å². The van der Waals surface area contributed by atoms with Crippen molar-refractivity contribution >= 4 is 29.0 Å². The third-order valence-electron chi connectivity index (χ3n) is 3.92. The van der Waals surface area contributed by atoms with Crippen LogP contribution in [0.5, 0.6) is 0 Å². The van der Waals surface area contributed by atoms with Gasteiger partial charge >= 0.3 is 12.0 Å². The summed E-state index contributed by atoms with van der Waals surface area (Å²) in [5, 5.41) is 14.2. The molecule has 8 heteroatoms. The zero-order valence-corrected chi connectivity index (χ0v) is 16.9. The second-order valence-electron chi connectivity index (χ2n) is 6.10. The lowest BCUT2D eigenvalue weighted by atomic mass is 10.2. The minimum Gasteiger partial charge on any atom is -0.461 e. The van der Waals surface area contributed by atoms with Gasteiger partial charge in [0.05, 0.1) is 24.8 Å². The van der Waals surface area contributed by atoms with Crippen LogP contribution in [0.4, 0.5) is 10.5 Å². The number of rotatable bonds is 9. The van der Waals surface area contributed by atoms with Crippen LogP contribution in [0.25, 0.3) is 0 Å². The van der Waals surface area contributed by atoms with Crippen LogP contribution in [0.3, 0.4) is 0 Å². The van der Waals surface area contributed by atoms with Crippen molar-refractivity contribution in [1.82, 2.24) is 9.88 Å². The Morgan fingerprint density at radius 2 is 2.14 bits per heavy atom. The van der Waals surface area contributed by atoms with Crippen molar-refractivity contribution in [2.75, 3.05) is 18.5 Å². The van der Waals surface area contributed by atoms with Crippen LogP contribution < -0.4 is 5.32 Å². The van der Waals surface area contributed by atoms with E-state index in [0.717, 1.165) is 19.3 Å². The van der Waals surface area contributed by atoms with E-state index in [0.29, 0.717) is 36.0 Å². The van der Waals surface area contributed by atoms with Crippen LogP contribution in [0.15, 0.2) is 29.6 Å². The number of nitrogens with zero attached hydrogens (tertiary/aromatic N) is 3. The van der Waals surface area contributed by atoms with E-state index in [-0.39, 0.29) is 11.7 Å². The third-order valence-corrected chi connectivity index (χ3v) is 4.76. The molecule has 0 aliphatic heterocycles. The zero-order valence-electron chi connectivity index (χ0n) is 16.1. The van der Waals surface area contributed by atoms with Gasteiger partial charge in [0.15, 0.2) is 5.69 Å². The molecule has 0 radical (unpaired) electrons. The number of nitriles is 1. The second kappa shape index (κ2) is 11.0. The molecule has 0 atom stereocenters. The van der Waals surface area contributed by atoms with Gasteiger partial charge in [-0.2, -0.15) is 5.26 Å². The molecule has 2 rings (SSSR count). The molecule has 0 saturated carbocycles. The Hall–Kier alpha value is -2.92. The molecule has 1 aromatic carbocycles. The van der Waals surface area contributed by atoms with E-state index in [1.165, 1.54) is 11.3 Å². The van der Waals surface area contributed by atoms with Crippen LogP contribution in [0.1, 0.15) is 54.2 Å². The first-order valence-corrected chi connectivity index (χ1v) is 10.1. The number of nitrogens with one attached hydrogen (secondary N) is 1. The molecule has 2 aromatic rings. The van der Waals surface area contributed by atoms with Crippen molar-refractivity contribution in [2.24, 2.45) is 0 Å². The van der Waals surface area contributed by atoms with Crippen molar-refractivity contribution in [3.63, 3.8) is 0 Å². The number of hydrogen-bond donors (Lipinski definition) is 1. The third kappa shape index (κ3) is 6.35. The molecule has 0 unspecified atom stereocenters. The van der Waals surface area contributed by atoms with Gasteiger partial charge in [0.25, 0.3) is 0 Å². The predicted molar refractivity (Wildman–Crippen MR) is 108 cm³/mol. The second-order valence-corrected chi connectivity index (χ2v) is 7.04. The summed E-state index contributed by atoms with van der Waals surface area (Å²) in [6, 6.07) is 8.57. The van der Waals surface area contributed by atoms with Crippen LogP contribution in [-0.2, 0) is 11.3 Å². The molecule has 0 spiro atoms. The Morgan fingerprint density at radius 3 is 2.86 bits per heavy atom. The molecule has 148 valence electrons. The fourth-order valence-electron chi connectivity index (χ4n) is 2.52. The minimum atomic E-state index is -0.458. The Balaban J connectivity index is 2.09. The van der Waals surface area contributed by atoms with E-state index in [1.54, 1.807) is 41.5 Å². The fourth-order valence-corrected chi connectivity index (χ4v) is 3.30. The average molecular weight is 401 g/mol. The van der Waals surface area contributed by atoms with Gasteiger partial charge in [-0.25, -0.2) is 14.6 Å². The summed E-state index contributed by atoms with van der Waals surface area (Å²) < 4.78 is 4.96. The quantitative estimate of drug-likeness (QED) is 0.497. The highest BCUT2D eigenvalue weighted by molar-refractivity contribution is 7.09. The maximum Gasteiger partial charge on any atom is 0.357 e. The van der Waals surface area contributed by atoms with E-state index < -0.39 is 5.97 Å². The van der Waals surface area contributed by atoms with Crippen LogP contribution >= 0.6 is 11.3 Å². The molecular weight excluding hydrogens is 376 g/mol. The first kappa shape index (κ1) is 21.4. The van der Waals surface area contributed by atoms with Crippen LogP contribution in [-0.4, -0.2) is 35.0 Å². The molecule has 0 saturated heterocycles. The zero-order chi connectivity index (χ0) is 20.4. The number of thiazole rings is 1. The van der Waals surface area contributed by atoms with E-state index in [9.17, 15) is 9.59 Å². The van der Waals surface area contributed by atoms with E-state index >= 15 is 0 Å². The Labute approximate surface area is 169 Å². The lowest BCUT2D eigenvalue weighted by molar-refractivity contribution is 0.0520. The number of unbranched alkanes of at least 4 members (excludes halogenated alkanes) is 2. The van der Waals surface area contributed by atoms with Gasteiger partial charge in [-0.1, -0.05) is 25.8 Å². The van der Waals surface area contributed by atoms with Gasteiger partial charge in [0.1, 0.15) is 5.01 Å². The monoisotopic (exact) mass is 400 g/mol. The van der Waals surface area contributed by atoms with Crippen molar-refractivity contribution in [3.8, 4) is 6.07 Å². The molecule has 1 aromatic heterocycles. The summed E-state index contributed by atoms with van der Waals surface area (Å²) in [6.07, 6.45) is 2.93. The molecule has 7 nitrogen and oxygen atoms in total. The smallest absolute Gasteiger partial charge is 0.357 e. The largest absolute Gasteiger partial charge is 0.461 e. The maximum atomic E-state index is 12.8. The number of ether oxygens (including phenoxy) is 1. The lowest BCUT2D eigenvalue weighted by Crippen LogP contribution is -2.35. The van der Waals surface area contributed by atoms with E-state index in [4.69, 9.17) is 10.00 Å². The van der Waals surface area contributed by atoms with Gasteiger partial charge in [-0.15, -0.1) is 11.3 Å². The summed E-state index contributed by atoms with van der Waals surface area (Å²) in [4.78, 5) is 30.5. The highest BCUT2D eigenvalue weighted by Gasteiger charge is 2.18. The molecule has 1 heterocycles. The molecule has 0 aliphatic carbocycles. The molecule has 28 heavy (non-hydrogen) atoms. The highest BCUT2D eigenvalue weighted by atomic mass is 32.1. The van der Waals surface area contributed by atoms with Gasteiger partial charge in [0.2, 0.25) is 0 Å². The van der Waals surface area contributed by atoms with Crippen LogP contribution in [0.2, 0.25) is 0 Å². The number of carbonyl (C=O) groups is 2. The summed E-state index contributed by atoms with van der Waals surface area (Å²) in [5.74, 6) is -0.458. The van der Waals surface area contributed by atoms with Gasteiger partial charge in [0, 0.05) is 17.6 Å². The molecular formula is C20H24N4O3S. The van der Waals surface area contributed by atoms with E-state index in [2.05, 4.69) is 23.3 Å². The van der Waals surface area contributed by atoms with Crippen molar-refractivity contribution in [1.29, 1.82) is 5.26 Å². The fraction of sp³-hybridized carbons (Fsp3) is 0.400. The molecule has 0 aliphatic rings. The number of amides is 2. The first-order chi connectivity index (χ1) is 13.6. The molecule has 0 bridgehead atoms. The number of anilines is 1. The number of aromatic nitrogens is 1.